The van der Waals surface area contributed by atoms with E-state index >= 15 is 0 Å². The van der Waals surface area contributed by atoms with Crippen LogP contribution in [0, 0.1) is 0 Å². The van der Waals surface area contributed by atoms with E-state index in [0.717, 1.165) is 16.7 Å². The van der Waals surface area contributed by atoms with Crippen molar-refractivity contribution in [2.24, 2.45) is 0 Å². The normalized spacial score (nSPS) is 11.3. The molecule has 5 rings (SSSR count). The summed E-state index contributed by atoms with van der Waals surface area (Å²) in [7, 11) is 1.60. The van der Waals surface area contributed by atoms with Crippen molar-refractivity contribution in [3.63, 3.8) is 0 Å². The number of nitrogens with one attached hydrogen (secondary N) is 1. The Morgan fingerprint density at radius 3 is 2.82 bits per heavy atom. The fourth-order valence-corrected chi connectivity index (χ4v) is 4.64. The Hall–Kier alpha value is -3.75. The molecule has 0 spiro atoms. The molecule has 0 aliphatic carbocycles. The zero-order chi connectivity index (χ0) is 22.8. The molecule has 0 fully saturated rings. The topological polar surface area (TPSA) is 77.6 Å². The first-order chi connectivity index (χ1) is 16.2. The second-order valence-electron chi connectivity index (χ2n) is 7.61. The Balaban J connectivity index is 1.52. The van der Waals surface area contributed by atoms with E-state index in [1.165, 1.54) is 4.40 Å². The lowest BCUT2D eigenvalue weighted by molar-refractivity contribution is 0.0939. The standard InChI is InChI=1S/C25H22N4O3S/c1-32-12-11-28-21(14-20-23(28)27-22-8-4-5-10-29(22)25(20)31)24(30)26-15-17-6-2-3-7-19(17)18-9-13-33-16-18/h2-10,13-14,16H,11-12,15H2,1H3,(H,26,30). The molecule has 0 saturated heterocycles. The molecule has 0 radical (unpaired) electrons. The number of rotatable bonds is 7. The number of hydrogen-bond donors (Lipinski definition) is 1. The van der Waals surface area contributed by atoms with E-state index in [1.54, 1.807) is 47.4 Å². The van der Waals surface area contributed by atoms with Gasteiger partial charge >= 0.3 is 0 Å². The van der Waals surface area contributed by atoms with E-state index in [2.05, 4.69) is 27.8 Å². The van der Waals surface area contributed by atoms with Crippen molar-refractivity contribution < 1.29 is 9.53 Å². The van der Waals surface area contributed by atoms with Crippen LogP contribution in [0.2, 0.25) is 0 Å². The van der Waals surface area contributed by atoms with Crippen molar-refractivity contribution in [1.82, 2.24) is 19.3 Å². The summed E-state index contributed by atoms with van der Waals surface area (Å²) in [5, 5.41) is 7.55. The van der Waals surface area contributed by atoms with Crippen LogP contribution in [-0.4, -0.2) is 33.6 Å². The smallest absolute Gasteiger partial charge is 0.268 e. The van der Waals surface area contributed by atoms with Crippen LogP contribution in [0.25, 0.3) is 27.8 Å². The largest absolute Gasteiger partial charge is 0.383 e. The molecule has 4 heterocycles. The summed E-state index contributed by atoms with van der Waals surface area (Å²) in [6, 6.07) is 17.1. The fourth-order valence-electron chi connectivity index (χ4n) is 3.99. The number of amides is 1. The van der Waals surface area contributed by atoms with Gasteiger partial charge in [-0.1, -0.05) is 30.3 Å². The van der Waals surface area contributed by atoms with E-state index < -0.39 is 0 Å². The summed E-state index contributed by atoms with van der Waals surface area (Å²) in [4.78, 5) is 31.0. The summed E-state index contributed by atoms with van der Waals surface area (Å²) in [5.74, 6) is -0.266. The minimum absolute atomic E-state index is 0.205. The van der Waals surface area contributed by atoms with E-state index in [-0.39, 0.29) is 11.5 Å². The van der Waals surface area contributed by atoms with Crippen LogP contribution in [0.15, 0.2) is 76.3 Å². The molecule has 1 N–H and O–H groups in total. The van der Waals surface area contributed by atoms with Gasteiger partial charge in [0, 0.05) is 26.4 Å². The second-order valence-corrected chi connectivity index (χ2v) is 8.39. The van der Waals surface area contributed by atoms with Gasteiger partial charge in [-0.15, -0.1) is 0 Å². The van der Waals surface area contributed by atoms with Crippen molar-refractivity contribution in [2.45, 2.75) is 13.1 Å². The average Bonchev–Trinajstić information content (AvgIpc) is 3.50. The minimum atomic E-state index is -0.266. The van der Waals surface area contributed by atoms with Gasteiger partial charge in [0.05, 0.1) is 12.0 Å². The van der Waals surface area contributed by atoms with Crippen LogP contribution in [-0.2, 0) is 17.8 Å². The Bertz CT molecular complexity index is 1500. The van der Waals surface area contributed by atoms with Crippen molar-refractivity contribution in [3.8, 4) is 11.1 Å². The third-order valence-corrected chi connectivity index (χ3v) is 6.30. The van der Waals surface area contributed by atoms with Gasteiger partial charge in [0.25, 0.3) is 11.5 Å². The quantitative estimate of drug-likeness (QED) is 0.401. The Labute approximate surface area is 193 Å². The molecule has 5 aromatic rings. The van der Waals surface area contributed by atoms with Crippen LogP contribution >= 0.6 is 11.3 Å². The summed E-state index contributed by atoms with van der Waals surface area (Å²) >= 11 is 1.64. The molecule has 0 aliphatic heterocycles. The van der Waals surface area contributed by atoms with Gasteiger partial charge in [-0.25, -0.2) is 4.98 Å². The molecule has 4 aromatic heterocycles. The second kappa shape index (κ2) is 9.01. The lowest BCUT2D eigenvalue weighted by Gasteiger charge is -2.12. The first-order valence-corrected chi connectivity index (χ1v) is 11.5. The molecular formula is C25H22N4O3S. The Kier molecular flexibility index (Phi) is 5.77. The van der Waals surface area contributed by atoms with Crippen molar-refractivity contribution in [3.05, 3.63) is 93.2 Å². The molecule has 0 aliphatic rings. The maximum atomic E-state index is 13.3. The van der Waals surface area contributed by atoms with Crippen LogP contribution < -0.4 is 10.9 Å². The third kappa shape index (κ3) is 3.94. The van der Waals surface area contributed by atoms with E-state index in [4.69, 9.17) is 4.74 Å². The first kappa shape index (κ1) is 21.1. The van der Waals surface area contributed by atoms with Crippen LogP contribution in [0.5, 0.6) is 0 Å². The monoisotopic (exact) mass is 458 g/mol. The molecule has 0 atom stereocenters. The predicted molar refractivity (Wildman–Crippen MR) is 130 cm³/mol. The zero-order valence-electron chi connectivity index (χ0n) is 18.0. The van der Waals surface area contributed by atoms with Gasteiger partial charge in [0.2, 0.25) is 0 Å². The number of aromatic nitrogens is 3. The Morgan fingerprint density at radius 1 is 1.15 bits per heavy atom. The molecular weight excluding hydrogens is 436 g/mol. The Morgan fingerprint density at radius 2 is 2.00 bits per heavy atom. The van der Waals surface area contributed by atoms with Crippen molar-refractivity contribution in [2.75, 3.05) is 13.7 Å². The van der Waals surface area contributed by atoms with Gasteiger partial charge in [0.15, 0.2) is 0 Å². The molecule has 0 bridgehead atoms. The average molecular weight is 459 g/mol. The molecule has 33 heavy (non-hydrogen) atoms. The number of pyridine rings is 1. The van der Waals surface area contributed by atoms with Gasteiger partial charge < -0.3 is 14.6 Å². The minimum Gasteiger partial charge on any atom is -0.383 e. The molecule has 1 aromatic carbocycles. The highest BCUT2D eigenvalue weighted by Crippen LogP contribution is 2.26. The highest BCUT2D eigenvalue weighted by Gasteiger charge is 2.20. The van der Waals surface area contributed by atoms with Crippen LogP contribution in [0.4, 0.5) is 0 Å². The molecule has 0 unspecified atom stereocenters. The number of benzene rings is 1. The molecule has 1 amide bonds. The van der Waals surface area contributed by atoms with Crippen LogP contribution in [0.1, 0.15) is 16.1 Å². The summed E-state index contributed by atoms with van der Waals surface area (Å²) in [6.45, 7) is 1.16. The molecule has 0 saturated carbocycles. The SMILES string of the molecule is COCCn1c(C(=O)NCc2ccccc2-c2ccsc2)cc2c(=O)n3ccccc3nc21. The van der Waals surface area contributed by atoms with E-state index in [1.807, 2.05) is 29.6 Å². The number of nitrogens with zero attached hydrogens (tertiary/aromatic N) is 3. The highest BCUT2D eigenvalue weighted by atomic mass is 32.1. The molecule has 8 heteroatoms. The highest BCUT2D eigenvalue weighted by molar-refractivity contribution is 7.08. The summed E-state index contributed by atoms with van der Waals surface area (Å²) < 4.78 is 8.49. The molecule has 7 nitrogen and oxygen atoms in total. The van der Waals surface area contributed by atoms with E-state index in [9.17, 15) is 9.59 Å². The predicted octanol–water partition coefficient (Wildman–Crippen LogP) is 3.95. The van der Waals surface area contributed by atoms with Crippen LogP contribution in [0.3, 0.4) is 0 Å². The first-order valence-electron chi connectivity index (χ1n) is 10.6. The number of thiophene rings is 1. The maximum absolute atomic E-state index is 13.3. The number of carbonyl (C=O) groups excluding carboxylic acids is 1. The number of ether oxygens (including phenoxy) is 1. The summed E-state index contributed by atoms with van der Waals surface area (Å²) in [6.07, 6.45) is 1.68. The zero-order valence-corrected chi connectivity index (χ0v) is 18.8. The van der Waals surface area contributed by atoms with Gasteiger partial charge in [-0.2, -0.15) is 11.3 Å². The van der Waals surface area contributed by atoms with Crippen molar-refractivity contribution in [1.29, 1.82) is 0 Å². The van der Waals surface area contributed by atoms with Gasteiger partial charge in [0.1, 0.15) is 17.0 Å². The van der Waals surface area contributed by atoms with E-state index in [0.29, 0.717) is 42.1 Å². The summed E-state index contributed by atoms with van der Waals surface area (Å²) in [5.41, 5.74) is 4.43. The fraction of sp³-hybridized carbons (Fsp3) is 0.160. The van der Waals surface area contributed by atoms with Gasteiger partial charge in [-0.3, -0.25) is 14.0 Å². The van der Waals surface area contributed by atoms with Crippen molar-refractivity contribution >= 4 is 33.9 Å². The lowest BCUT2D eigenvalue weighted by atomic mass is 10.0. The van der Waals surface area contributed by atoms with Gasteiger partial charge in [-0.05, 0) is 51.7 Å². The number of methoxy groups -OCH3 is 1. The maximum Gasteiger partial charge on any atom is 0.268 e. The number of fused-ring (bicyclic) bond motifs is 2. The number of carbonyl (C=O) groups is 1. The number of hydrogen-bond acceptors (Lipinski definition) is 5. The lowest BCUT2D eigenvalue weighted by Crippen LogP contribution is -2.26. The molecule has 166 valence electrons. The third-order valence-electron chi connectivity index (χ3n) is 5.62.